The molecule has 0 spiro atoms. The Morgan fingerprint density at radius 1 is 1.17 bits per heavy atom. The van der Waals surface area contributed by atoms with Gasteiger partial charge >= 0.3 is 0 Å². The van der Waals surface area contributed by atoms with Crippen LogP contribution >= 0.6 is 11.8 Å². The summed E-state index contributed by atoms with van der Waals surface area (Å²) in [5.41, 5.74) is 0.647. The lowest BCUT2D eigenvalue weighted by molar-refractivity contribution is 0.532. The smallest absolute Gasteiger partial charge is 0.140 e. The number of nitrogens with one attached hydrogen (secondary N) is 1. The van der Waals surface area contributed by atoms with Gasteiger partial charge in [-0.1, -0.05) is 27.7 Å². The molecular formula is C14H21F2NS. The van der Waals surface area contributed by atoms with Crippen LogP contribution in [0.1, 0.15) is 33.3 Å². The molecule has 102 valence electrons. The molecule has 0 aliphatic carbocycles. The number of halogens is 2. The van der Waals surface area contributed by atoms with E-state index < -0.39 is 11.6 Å². The Morgan fingerprint density at radius 2 is 1.72 bits per heavy atom. The molecule has 0 aliphatic rings. The van der Waals surface area contributed by atoms with Crippen LogP contribution in [0.4, 0.5) is 8.78 Å². The average molecular weight is 273 g/mol. The molecule has 0 aliphatic heterocycles. The van der Waals surface area contributed by atoms with Crippen molar-refractivity contribution >= 4 is 11.8 Å². The van der Waals surface area contributed by atoms with Crippen molar-refractivity contribution in [2.24, 2.45) is 5.92 Å². The fourth-order valence-electron chi connectivity index (χ4n) is 1.42. The van der Waals surface area contributed by atoms with Crippen molar-refractivity contribution in [1.29, 1.82) is 0 Å². The second-order valence-corrected chi connectivity index (χ2v) is 6.12. The Bertz CT molecular complexity index is 370. The van der Waals surface area contributed by atoms with Crippen LogP contribution in [-0.2, 0) is 6.54 Å². The van der Waals surface area contributed by atoms with Gasteiger partial charge in [-0.2, -0.15) is 0 Å². The highest BCUT2D eigenvalue weighted by Gasteiger charge is 2.16. The summed E-state index contributed by atoms with van der Waals surface area (Å²) < 4.78 is 27.7. The largest absolute Gasteiger partial charge is 0.313 e. The van der Waals surface area contributed by atoms with E-state index in [0.29, 0.717) is 18.0 Å². The van der Waals surface area contributed by atoms with E-state index in [0.717, 1.165) is 6.54 Å². The molecule has 1 atom stereocenters. The van der Waals surface area contributed by atoms with Crippen molar-refractivity contribution in [3.63, 3.8) is 0 Å². The topological polar surface area (TPSA) is 12.0 Å². The summed E-state index contributed by atoms with van der Waals surface area (Å²) >= 11 is 1.27. The Balaban J connectivity index is 2.87. The van der Waals surface area contributed by atoms with E-state index in [4.69, 9.17) is 0 Å². The molecular weight excluding hydrogens is 252 g/mol. The quantitative estimate of drug-likeness (QED) is 0.779. The van der Waals surface area contributed by atoms with Crippen LogP contribution in [0.2, 0.25) is 0 Å². The maximum atomic E-state index is 13.9. The van der Waals surface area contributed by atoms with Crippen molar-refractivity contribution in [2.75, 3.05) is 6.54 Å². The zero-order chi connectivity index (χ0) is 13.7. The van der Waals surface area contributed by atoms with Crippen LogP contribution in [0.3, 0.4) is 0 Å². The summed E-state index contributed by atoms with van der Waals surface area (Å²) in [4.78, 5) is 0.136. The molecule has 1 rings (SSSR count). The number of rotatable bonds is 6. The Kier molecular flexibility index (Phi) is 6.09. The third-order valence-electron chi connectivity index (χ3n) is 2.88. The predicted molar refractivity (Wildman–Crippen MR) is 73.9 cm³/mol. The van der Waals surface area contributed by atoms with Gasteiger partial charge in [-0.05, 0) is 30.2 Å². The van der Waals surface area contributed by atoms with Crippen molar-refractivity contribution in [3.8, 4) is 0 Å². The van der Waals surface area contributed by atoms with Gasteiger partial charge in [0.25, 0.3) is 0 Å². The Morgan fingerprint density at radius 3 is 2.17 bits per heavy atom. The van der Waals surface area contributed by atoms with Crippen molar-refractivity contribution in [3.05, 3.63) is 29.3 Å². The fraction of sp³-hybridized carbons (Fsp3) is 0.571. The predicted octanol–water partition coefficient (Wildman–Crippen LogP) is 4.21. The normalized spacial score (nSPS) is 13.1. The molecule has 0 heterocycles. The van der Waals surface area contributed by atoms with Gasteiger partial charge in [0.15, 0.2) is 0 Å². The van der Waals surface area contributed by atoms with Crippen LogP contribution in [0.15, 0.2) is 17.0 Å². The van der Waals surface area contributed by atoms with E-state index in [9.17, 15) is 8.78 Å². The second kappa shape index (κ2) is 7.10. The molecule has 0 bridgehead atoms. The standard InChI is InChI=1S/C14H21F2NS/c1-5-17-8-11-6-12(15)14(13(16)7-11)18-10(4)9(2)3/h6-7,9-10,17H,5,8H2,1-4H3. The first-order valence-corrected chi connectivity index (χ1v) is 7.19. The minimum Gasteiger partial charge on any atom is -0.313 e. The minimum absolute atomic E-state index is 0.136. The van der Waals surface area contributed by atoms with Crippen molar-refractivity contribution < 1.29 is 8.78 Å². The highest BCUT2D eigenvalue weighted by atomic mass is 32.2. The lowest BCUT2D eigenvalue weighted by Gasteiger charge is -2.16. The second-order valence-electron chi connectivity index (χ2n) is 4.74. The van der Waals surface area contributed by atoms with Gasteiger partial charge in [-0.15, -0.1) is 11.8 Å². The Labute approximate surface area is 112 Å². The van der Waals surface area contributed by atoms with Gasteiger partial charge in [-0.25, -0.2) is 8.78 Å². The van der Waals surface area contributed by atoms with Crippen molar-refractivity contribution in [2.45, 2.75) is 44.4 Å². The fourth-order valence-corrected chi connectivity index (χ4v) is 2.41. The third-order valence-corrected chi connectivity index (χ3v) is 4.42. The van der Waals surface area contributed by atoms with Gasteiger partial charge in [0.2, 0.25) is 0 Å². The first-order valence-electron chi connectivity index (χ1n) is 6.31. The van der Waals surface area contributed by atoms with Crippen LogP contribution in [0.5, 0.6) is 0 Å². The van der Waals surface area contributed by atoms with E-state index in [1.54, 1.807) is 0 Å². The summed E-state index contributed by atoms with van der Waals surface area (Å²) in [5, 5.41) is 3.25. The van der Waals surface area contributed by atoms with Crippen molar-refractivity contribution in [1.82, 2.24) is 5.32 Å². The van der Waals surface area contributed by atoms with Gasteiger partial charge in [0.1, 0.15) is 11.6 Å². The molecule has 0 radical (unpaired) electrons. The average Bonchev–Trinajstić information content (AvgIpc) is 2.30. The summed E-state index contributed by atoms with van der Waals surface area (Å²) in [5.74, 6) is -0.531. The molecule has 18 heavy (non-hydrogen) atoms. The molecule has 0 amide bonds. The van der Waals surface area contributed by atoms with Crippen LogP contribution in [-0.4, -0.2) is 11.8 Å². The monoisotopic (exact) mass is 273 g/mol. The molecule has 4 heteroatoms. The summed E-state index contributed by atoms with van der Waals surface area (Å²) in [6.07, 6.45) is 0. The Hall–Kier alpha value is -0.610. The van der Waals surface area contributed by atoms with E-state index in [-0.39, 0.29) is 10.1 Å². The van der Waals surface area contributed by atoms with E-state index in [1.165, 1.54) is 23.9 Å². The zero-order valence-electron chi connectivity index (χ0n) is 11.4. The molecule has 0 aromatic heterocycles. The summed E-state index contributed by atoms with van der Waals surface area (Å²) in [6, 6.07) is 2.84. The molecule has 1 unspecified atom stereocenters. The summed E-state index contributed by atoms with van der Waals surface area (Å²) in [6.45, 7) is 9.32. The molecule has 0 fully saturated rings. The number of thioether (sulfide) groups is 1. The lowest BCUT2D eigenvalue weighted by Crippen LogP contribution is -2.12. The van der Waals surface area contributed by atoms with Crippen LogP contribution < -0.4 is 5.32 Å². The molecule has 1 nitrogen and oxygen atoms in total. The maximum Gasteiger partial charge on any atom is 0.140 e. The van der Waals surface area contributed by atoms with Gasteiger partial charge < -0.3 is 5.32 Å². The van der Waals surface area contributed by atoms with Gasteiger partial charge in [0, 0.05) is 11.8 Å². The molecule has 0 saturated carbocycles. The van der Waals surface area contributed by atoms with Gasteiger partial charge in [-0.3, -0.25) is 0 Å². The number of benzene rings is 1. The summed E-state index contributed by atoms with van der Waals surface area (Å²) in [7, 11) is 0. The van der Waals surface area contributed by atoms with E-state index >= 15 is 0 Å². The van der Waals surface area contributed by atoms with Crippen LogP contribution in [0.25, 0.3) is 0 Å². The van der Waals surface area contributed by atoms with Gasteiger partial charge in [0.05, 0.1) is 4.90 Å². The molecule has 0 saturated heterocycles. The molecule has 1 aromatic rings. The van der Waals surface area contributed by atoms with E-state index in [2.05, 4.69) is 5.32 Å². The highest BCUT2D eigenvalue weighted by molar-refractivity contribution is 8.00. The molecule has 1 aromatic carbocycles. The number of hydrogen-bond acceptors (Lipinski definition) is 2. The number of hydrogen-bond donors (Lipinski definition) is 1. The third kappa shape index (κ3) is 4.25. The first-order chi connectivity index (χ1) is 8.45. The molecule has 1 N–H and O–H groups in total. The highest BCUT2D eigenvalue weighted by Crippen LogP contribution is 2.32. The maximum absolute atomic E-state index is 13.9. The minimum atomic E-state index is -0.458. The van der Waals surface area contributed by atoms with Crippen LogP contribution in [0, 0.1) is 17.6 Å². The van der Waals surface area contributed by atoms with E-state index in [1.807, 2.05) is 27.7 Å². The first kappa shape index (κ1) is 15.4. The zero-order valence-corrected chi connectivity index (χ0v) is 12.2. The SMILES string of the molecule is CCNCc1cc(F)c(SC(C)C(C)C)c(F)c1. The lowest BCUT2D eigenvalue weighted by atomic mass is 10.2.